The Bertz CT molecular complexity index is 378. The molecule has 4 heteroatoms. The molecular weight excluding hydrogens is 280 g/mol. The van der Waals surface area contributed by atoms with Gasteiger partial charge in [-0.1, -0.05) is 6.07 Å². The zero-order chi connectivity index (χ0) is 12.3. The Morgan fingerprint density at radius 1 is 1.59 bits per heavy atom. The monoisotopic (exact) mass is 298 g/mol. The Balaban J connectivity index is 2.09. The fraction of sp³-hybridized carbons (Fsp3) is 0.538. The minimum atomic E-state index is 0.288. The molecule has 0 aromatic heterocycles. The van der Waals surface area contributed by atoms with Gasteiger partial charge in [-0.05, 0) is 47.0 Å². The van der Waals surface area contributed by atoms with Crippen LogP contribution >= 0.6 is 15.9 Å². The molecule has 0 aliphatic carbocycles. The van der Waals surface area contributed by atoms with Crippen molar-refractivity contribution in [1.29, 1.82) is 0 Å². The van der Waals surface area contributed by atoms with Crippen molar-refractivity contribution in [3.63, 3.8) is 0 Å². The fourth-order valence-corrected chi connectivity index (χ4v) is 2.55. The molecular formula is C13H19BrN2O. The summed E-state index contributed by atoms with van der Waals surface area (Å²) in [6.07, 6.45) is 1.10. The van der Waals surface area contributed by atoms with Crippen molar-refractivity contribution in [2.45, 2.75) is 19.4 Å². The lowest BCUT2D eigenvalue weighted by atomic mass is 9.98. The van der Waals surface area contributed by atoms with E-state index in [1.54, 1.807) is 0 Å². The molecule has 1 aliphatic rings. The molecule has 1 saturated heterocycles. The lowest BCUT2D eigenvalue weighted by Gasteiger charge is -2.24. The molecule has 17 heavy (non-hydrogen) atoms. The standard InChI is InChI=1S/C13H19BrN2O/c1-9-2-3-11(14)12(6-9)16-13(7-15)10-4-5-17-8-10/h2-3,6,10,13,16H,4-5,7-8,15H2,1H3. The summed E-state index contributed by atoms with van der Waals surface area (Å²) >= 11 is 3.56. The minimum absolute atomic E-state index is 0.288. The molecule has 1 aromatic carbocycles. The molecule has 2 unspecified atom stereocenters. The number of hydrogen-bond acceptors (Lipinski definition) is 3. The highest BCUT2D eigenvalue weighted by atomic mass is 79.9. The van der Waals surface area contributed by atoms with E-state index in [-0.39, 0.29) is 6.04 Å². The second-order valence-electron chi connectivity index (χ2n) is 4.59. The van der Waals surface area contributed by atoms with Crippen LogP contribution in [0.4, 0.5) is 5.69 Å². The van der Waals surface area contributed by atoms with Crippen LogP contribution in [0.2, 0.25) is 0 Å². The third kappa shape index (κ3) is 3.21. The number of rotatable bonds is 4. The van der Waals surface area contributed by atoms with Crippen LogP contribution in [0, 0.1) is 12.8 Å². The van der Waals surface area contributed by atoms with Crippen molar-refractivity contribution in [2.24, 2.45) is 11.7 Å². The van der Waals surface area contributed by atoms with E-state index in [0.717, 1.165) is 29.8 Å². The molecule has 1 heterocycles. The number of ether oxygens (including phenoxy) is 1. The average molecular weight is 299 g/mol. The lowest BCUT2D eigenvalue weighted by molar-refractivity contribution is 0.182. The first kappa shape index (κ1) is 12.9. The van der Waals surface area contributed by atoms with Crippen LogP contribution in [-0.4, -0.2) is 25.8 Å². The number of aryl methyl sites for hydroxylation is 1. The predicted molar refractivity (Wildman–Crippen MR) is 74.3 cm³/mol. The zero-order valence-electron chi connectivity index (χ0n) is 10.1. The van der Waals surface area contributed by atoms with E-state index >= 15 is 0 Å². The predicted octanol–water partition coefficient (Wildman–Crippen LogP) is 2.53. The van der Waals surface area contributed by atoms with Crippen molar-refractivity contribution < 1.29 is 4.74 Å². The van der Waals surface area contributed by atoms with Gasteiger partial charge in [0, 0.05) is 35.3 Å². The van der Waals surface area contributed by atoms with Crippen molar-refractivity contribution in [1.82, 2.24) is 0 Å². The van der Waals surface area contributed by atoms with Gasteiger partial charge in [-0.25, -0.2) is 0 Å². The Hall–Kier alpha value is -0.580. The van der Waals surface area contributed by atoms with Crippen LogP contribution in [0.1, 0.15) is 12.0 Å². The molecule has 2 atom stereocenters. The Morgan fingerprint density at radius 3 is 3.06 bits per heavy atom. The van der Waals surface area contributed by atoms with Gasteiger partial charge in [0.2, 0.25) is 0 Å². The van der Waals surface area contributed by atoms with E-state index in [1.165, 1.54) is 5.56 Å². The lowest BCUT2D eigenvalue weighted by Crippen LogP contribution is -2.36. The first-order valence-electron chi connectivity index (χ1n) is 6.01. The van der Waals surface area contributed by atoms with E-state index < -0.39 is 0 Å². The van der Waals surface area contributed by atoms with Crippen LogP contribution in [0.3, 0.4) is 0 Å². The maximum absolute atomic E-state index is 5.86. The van der Waals surface area contributed by atoms with E-state index in [2.05, 4.69) is 46.4 Å². The van der Waals surface area contributed by atoms with E-state index in [9.17, 15) is 0 Å². The number of halogens is 1. The van der Waals surface area contributed by atoms with E-state index in [0.29, 0.717) is 12.5 Å². The van der Waals surface area contributed by atoms with Crippen LogP contribution < -0.4 is 11.1 Å². The summed E-state index contributed by atoms with van der Waals surface area (Å²) in [6, 6.07) is 6.58. The first-order valence-corrected chi connectivity index (χ1v) is 6.80. The molecule has 0 bridgehead atoms. The molecule has 2 rings (SSSR count). The van der Waals surface area contributed by atoms with Gasteiger partial charge >= 0.3 is 0 Å². The van der Waals surface area contributed by atoms with Gasteiger partial charge in [0.25, 0.3) is 0 Å². The van der Waals surface area contributed by atoms with Crippen molar-refractivity contribution in [2.75, 3.05) is 25.1 Å². The molecule has 0 spiro atoms. The highest BCUT2D eigenvalue weighted by Gasteiger charge is 2.24. The summed E-state index contributed by atoms with van der Waals surface area (Å²) in [5, 5.41) is 3.53. The molecule has 94 valence electrons. The Labute approximate surface area is 111 Å². The van der Waals surface area contributed by atoms with Crippen molar-refractivity contribution >= 4 is 21.6 Å². The van der Waals surface area contributed by atoms with Gasteiger partial charge in [0.05, 0.1) is 6.61 Å². The normalized spacial score (nSPS) is 21.5. The van der Waals surface area contributed by atoms with Crippen LogP contribution in [0.5, 0.6) is 0 Å². The summed E-state index contributed by atoms with van der Waals surface area (Å²) in [4.78, 5) is 0. The molecule has 1 aliphatic heterocycles. The number of hydrogen-bond donors (Lipinski definition) is 2. The maximum atomic E-state index is 5.86. The summed E-state index contributed by atoms with van der Waals surface area (Å²) in [5.41, 5.74) is 8.22. The van der Waals surface area contributed by atoms with Crippen molar-refractivity contribution in [3.8, 4) is 0 Å². The topological polar surface area (TPSA) is 47.3 Å². The third-order valence-electron chi connectivity index (χ3n) is 3.25. The molecule has 0 radical (unpaired) electrons. The Morgan fingerprint density at radius 2 is 2.41 bits per heavy atom. The van der Waals surface area contributed by atoms with Gasteiger partial charge in [-0.3, -0.25) is 0 Å². The second-order valence-corrected chi connectivity index (χ2v) is 5.45. The highest BCUT2D eigenvalue weighted by Crippen LogP contribution is 2.26. The molecule has 3 nitrogen and oxygen atoms in total. The van der Waals surface area contributed by atoms with Gasteiger partial charge in [-0.2, -0.15) is 0 Å². The highest BCUT2D eigenvalue weighted by molar-refractivity contribution is 9.10. The number of nitrogens with two attached hydrogens (primary N) is 1. The van der Waals surface area contributed by atoms with Crippen LogP contribution in [0.15, 0.2) is 22.7 Å². The fourth-order valence-electron chi connectivity index (χ4n) is 2.19. The van der Waals surface area contributed by atoms with Gasteiger partial charge < -0.3 is 15.8 Å². The van der Waals surface area contributed by atoms with Crippen LogP contribution in [0.25, 0.3) is 0 Å². The summed E-state index contributed by atoms with van der Waals surface area (Å²) in [5.74, 6) is 0.521. The van der Waals surface area contributed by atoms with E-state index in [1.807, 2.05) is 0 Å². The number of benzene rings is 1. The zero-order valence-corrected chi connectivity index (χ0v) is 11.7. The third-order valence-corrected chi connectivity index (χ3v) is 3.94. The summed E-state index contributed by atoms with van der Waals surface area (Å²) in [6.45, 7) is 4.40. The average Bonchev–Trinajstić information content (AvgIpc) is 2.84. The minimum Gasteiger partial charge on any atom is -0.381 e. The van der Waals surface area contributed by atoms with Gasteiger partial charge in [0.1, 0.15) is 0 Å². The quantitative estimate of drug-likeness (QED) is 0.898. The molecule has 0 amide bonds. The molecule has 3 N–H and O–H groups in total. The first-order chi connectivity index (χ1) is 8.20. The number of anilines is 1. The largest absolute Gasteiger partial charge is 0.381 e. The smallest absolute Gasteiger partial charge is 0.0515 e. The van der Waals surface area contributed by atoms with Gasteiger partial charge in [-0.15, -0.1) is 0 Å². The SMILES string of the molecule is Cc1ccc(Br)c(NC(CN)C2CCOC2)c1. The van der Waals surface area contributed by atoms with Gasteiger partial charge in [0.15, 0.2) is 0 Å². The summed E-state index contributed by atoms with van der Waals surface area (Å²) in [7, 11) is 0. The molecule has 1 fully saturated rings. The van der Waals surface area contributed by atoms with E-state index in [4.69, 9.17) is 10.5 Å². The molecule has 1 aromatic rings. The summed E-state index contributed by atoms with van der Waals surface area (Å²) < 4.78 is 6.51. The molecule has 0 saturated carbocycles. The second kappa shape index (κ2) is 5.85. The van der Waals surface area contributed by atoms with Crippen molar-refractivity contribution in [3.05, 3.63) is 28.2 Å². The van der Waals surface area contributed by atoms with Crippen LogP contribution in [-0.2, 0) is 4.74 Å². The number of nitrogens with one attached hydrogen (secondary N) is 1. The maximum Gasteiger partial charge on any atom is 0.0515 e. The Kier molecular flexibility index (Phi) is 4.42.